The Balaban J connectivity index is 2.60. The predicted molar refractivity (Wildman–Crippen MR) is 65.2 cm³/mol. The summed E-state index contributed by atoms with van der Waals surface area (Å²) in [5, 5.41) is 11.5. The summed E-state index contributed by atoms with van der Waals surface area (Å²) >= 11 is 0. The monoisotopic (exact) mass is 225 g/mol. The van der Waals surface area contributed by atoms with Gasteiger partial charge in [0.05, 0.1) is 17.9 Å². The highest BCUT2D eigenvalue weighted by Gasteiger charge is 2.14. The molecule has 1 unspecified atom stereocenters. The van der Waals surface area contributed by atoms with Gasteiger partial charge in [-0.15, -0.1) is 5.10 Å². The highest BCUT2D eigenvalue weighted by Crippen LogP contribution is 2.14. The SMILES string of the molecule is CCCNC(CCN(C)C)c1cnnn1C. The fourth-order valence-electron chi connectivity index (χ4n) is 1.67. The Kier molecular flexibility index (Phi) is 5.42. The van der Waals surface area contributed by atoms with Gasteiger partial charge in [0.25, 0.3) is 0 Å². The van der Waals surface area contributed by atoms with E-state index in [1.54, 1.807) is 0 Å². The molecule has 0 bridgehead atoms. The van der Waals surface area contributed by atoms with Crippen molar-refractivity contribution in [3.8, 4) is 0 Å². The van der Waals surface area contributed by atoms with E-state index in [0.717, 1.165) is 31.6 Å². The third-order valence-corrected chi connectivity index (χ3v) is 2.61. The van der Waals surface area contributed by atoms with Crippen LogP contribution < -0.4 is 5.32 Å². The van der Waals surface area contributed by atoms with Crippen molar-refractivity contribution >= 4 is 0 Å². The average Bonchev–Trinajstić information content (AvgIpc) is 2.65. The van der Waals surface area contributed by atoms with Crippen LogP contribution in [-0.4, -0.2) is 47.1 Å². The summed E-state index contributed by atoms with van der Waals surface area (Å²) in [7, 11) is 6.13. The van der Waals surface area contributed by atoms with E-state index in [1.165, 1.54) is 0 Å². The van der Waals surface area contributed by atoms with Crippen LogP contribution in [0.1, 0.15) is 31.5 Å². The van der Waals surface area contributed by atoms with Crippen molar-refractivity contribution in [1.29, 1.82) is 0 Å². The molecule has 0 fully saturated rings. The molecule has 0 spiro atoms. The molecule has 0 aromatic carbocycles. The average molecular weight is 225 g/mol. The normalized spacial score (nSPS) is 13.3. The molecule has 92 valence electrons. The first kappa shape index (κ1) is 13.1. The van der Waals surface area contributed by atoms with Crippen molar-refractivity contribution in [2.24, 2.45) is 7.05 Å². The second-order valence-electron chi connectivity index (χ2n) is 4.38. The van der Waals surface area contributed by atoms with Gasteiger partial charge in [0.2, 0.25) is 0 Å². The van der Waals surface area contributed by atoms with E-state index in [9.17, 15) is 0 Å². The van der Waals surface area contributed by atoms with Crippen molar-refractivity contribution in [2.75, 3.05) is 27.2 Å². The maximum Gasteiger partial charge on any atom is 0.0753 e. The summed E-state index contributed by atoms with van der Waals surface area (Å²) in [6.45, 7) is 4.27. The zero-order valence-corrected chi connectivity index (χ0v) is 10.8. The Morgan fingerprint density at radius 1 is 1.50 bits per heavy atom. The largest absolute Gasteiger partial charge is 0.309 e. The van der Waals surface area contributed by atoms with Gasteiger partial charge in [-0.3, -0.25) is 4.68 Å². The van der Waals surface area contributed by atoms with Gasteiger partial charge in [0.15, 0.2) is 0 Å². The van der Waals surface area contributed by atoms with E-state index < -0.39 is 0 Å². The number of hydrogen-bond acceptors (Lipinski definition) is 4. The lowest BCUT2D eigenvalue weighted by molar-refractivity contribution is 0.353. The van der Waals surface area contributed by atoms with E-state index in [0.29, 0.717) is 6.04 Å². The van der Waals surface area contributed by atoms with Crippen molar-refractivity contribution in [3.05, 3.63) is 11.9 Å². The molecule has 1 heterocycles. The van der Waals surface area contributed by atoms with Crippen molar-refractivity contribution in [3.63, 3.8) is 0 Å². The van der Waals surface area contributed by atoms with Crippen LogP contribution in [0.3, 0.4) is 0 Å². The molecule has 0 saturated heterocycles. The Bertz CT molecular complexity index is 294. The molecule has 1 aromatic heterocycles. The first-order valence-corrected chi connectivity index (χ1v) is 5.87. The van der Waals surface area contributed by atoms with E-state index in [-0.39, 0.29) is 0 Å². The Morgan fingerprint density at radius 3 is 2.75 bits per heavy atom. The summed E-state index contributed by atoms with van der Waals surface area (Å²) in [6, 6.07) is 0.349. The van der Waals surface area contributed by atoms with Gasteiger partial charge >= 0.3 is 0 Å². The molecule has 0 amide bonds. The zero-order valence-electron chi connectivity index (χ0n) is 10.8. The third-order valence-electron chi connectivity index (χ3n) is 2.61. The first-order chi connectivity index (χ1) is 7.65. The van der Waals surface area contributed by atoms with Gasteiger partial charge < -0.3 is 10.2 Å². The van der Waals surface area contributed by atoms with Gasteiger partial charge in [-0.05, 0) is 40.0 Å². The number of nitrogens with one attached hydrogen (secondary N) is 1. The summed E-state index contributed by atoms with van der Waals surface area (Å²) in [5.41, 5.74) is 1.16. The van der Waals surface area contributed by atoms with E-state index in [2.05, 4.69) is 41.5 Å². The fraction of sp³-hybridized carbons (Fsp3) is 0.818. The lowest BCUT2D eigenvalue weighted by Gasteiger charge is -2.20. The van der Waals surface area contributed by atoms with Crippen molar-refractivity contribution in [2.45, 2.75) is 25.8 Å². The van der Waals surface area contributed by atoms with Gasteiger partial charge in [-0.2, -0.15) is 0 Å². The van der Waals surface area contributed by atoms with Crippen LogP contribution in [0.25, 0.3) is 0 Å². The Hall–Kier alpha value is -0.940. The van der Waals surface area contributed by atoms with Crippen LogP contribution in [0.4, 0.5) is 0 Å². The number of hydrogen-bond donors (Lipinski definition) is 1. The molecule has 0 radical (unpaired) electrons. The van der Waals surface area contributed by atoms with E-state index in [1.807, 2.05) is 17.9 Å². The summed E-state index contributed by atoms with van der Waals surface area (Å²) < 4.78 is 1.85. The standard InChI is InChI=1S/C11H23N5/c1-5-7-12-10(6-8-15(2)3)11-9-13-14-16(11)4/h9-10,12H,5-8H2,1-4H3. The van der Waals surface area contributed by atoms with Crippen molar-refractivity contribution < 1.29 is 0 Å². The molecule has 1 atom stereocenters. The van der Waals surface area contributed by atoms with Gasteiger partial charge in [-0.1, -0.05) is 12.1 Å². The molecule has 5 nitrogen and oxygen atoms in total. The first-order valence-electron chi connectivity index (χ1n) is 5.87. The minimum atomic E-state index is 0.349. The summed E-state index contributed by atoms with van der Waals surface area (Å²) in [4.78, 5) is 2.20. The number of rotatable bonds is 7. The fourth-order valence-corrected chi connectivity index (χ4v) is 1.67. The number of aromatic nitrogens is 3. The van der Waals surface area contributed by atoms with Crippen LogP contribution in [0.15, 0.2) is 6.20 Å². The highest BCUT2D eigenvalue weighted by molar-refractivity contribution is 5.01. The lowest BCUT2D eigenvalue weighted by Crippen LogP contribution is -2.27. The summed E-state index contributed by atoms with van der Waals surface area (Å²) in [6.07, 6.45) is 4.07. The predicted octanol–water partition coefficient (Wildman–Crippen LogP) is 0.807. The van der Waals surface area contributed by atoms with Gasteiger partial charge in [0, 0.05) is 7.05 Å². The maximum absolute atomic E-state index is 3.99. The zero-order chi connectivity index (χ0) is 12.0. The molecule has 1 rings (SSSR count). The van der Waals surface area contributed by atoms with Crippen LogP contribution in [0, 0.1) is 0 Å². The molecule has 5 heteroatoms. The van der Waals surface area contributed by atoms with Gasteiger partial charge in [0.1, 0.15) is 0 Å². The van der Waals surface area contributed by atoms with Crippen LogP contribution in [0.5, 0.6) is 0 Å². The second-order valence-corrected chi connectivity index (χ2v) is 4.38. The molecule has 0 aliphatic heterocycles. The van der Waals surface area contributed by atoms with Crippen LogP contribution in [-0.2, 0) is 7.05 Å². The Morgan fingerprint density at radius 2 is 2.25 bits per heavy atom. The lowest BCUT2D eigenvalue weighted by atomic mass is 10.1. The van der Waals surface area contributed by atoms with Crippen LogP contribution >= 0.6 is 0 Å². The molecule has 0 aliphatic carbocycles. The number of nitrogens with zero attached hydrogens (tertiary/aromatic N) is 4. The Labute approximate surface area is 97.8 Å². The smallest absolute Gasteiger partial charge is 0.0753 e. The minimum absolute atomic E-state index is 0.349. The molecular formula is C11H23N5. The van der Waals surface area contributed by atoms with E-state index >= 15 is 0 Å². The van der Waals surface area contributed by atoms with Gasteiger partial charge in [-0.25, -0.2) is 0 Å². The van der Waals surface area contributed by atoms with E-state index in [4.69, 9.17) is 0 Å². The molecule has 0 aliphatic rings. The highest BCUT2D eigenvalue weighted by atomic mass is 15.4. The topological polar surface area (TPSA) is 46.0 Å². The number of aryl methyl sites for hydroxylation is 1. The van der Waals surface area contributed by atoms with Crippen molar-refractivity contribution in [1.82, 2.24) is 25.2 Å². The quantitative estimate of drug-likeness (QED) is 0.746. The molecule has 0 saturated carbocycles. The second kappa shape index (κ2) is 6.60. The third kappa shape index (κ3) is 3.90. The maximum atomic E-state index is 3.99. The minimum Gasteiger partial charge on any atom is -0.309 e. The molecular weight excluding hydrogens is 202 g/mol. The summed E-state index contributed by atoms with van der Waals surface area (Å²) in [5.74, 6) is 0. The molecule has 16 heavy (non-hydrogen) atoms. The molecule has 1 aromatic rings. The molecule has 1 N–H and O–H groups in total. The van der Waals surface area contributed by atoms with Crippen LogP contribution in [0.2, 0.25) is 0 Å².